The van der Waals surface area contributed by atoms with Crippen LogP contribution in [0.2, 0.25) is 19.6 Å². The summed E-state index contributed by atoms with van der Waals surface area (Å²) in [5.74, 6) is 0.680. The Balaban J connectivity index is 1.50. The molecule has 0 atom stereocenters. The minimum Gasteiger partial charge on any atom is -0.492 e. The molecule has 0 saturated carbocycles. The lowest BCUT2D eigenvalue weighted by atomic mass is 10.0. The Hall–Kier alpha value is -3.58. The van der Waals surface area contributed by atoms with Gasteiger partial charge in [0.15, 0.2) is 0 Å². The lowest BCUT2D eigenvalue weighted by Crippen LogP contribution is -2.37. The molecule has 0 aliphatic rings. The summed E-state index contributed by atoms with van der Waals surface area (Å²) in [5.41, 5.74) is 4.97. The minimum atomic E-state index is -1.53. The van der Waals surface area contributed by atoms with E-state index in [-0.39, 0.29) is 6.03 Å². The Labute approximate surface area is 201 Å². The Morgan fingerprint density at radius 3 is 2.53 bits per heavy atom. The summed E-state index contributed by atoms with van der Waals surface area (Å²) in [6.07, 6.45) is 7.52. The number of amides is 2. The van der Waals surface area contributed by atoms with Gasteiger partial charge in [0.2, 0.25) is 0 Å². The van der Waals surface area contributed by atoms with Gasteiger partial charge in [-0.25, -0.2) is 4.79 Å². The van der Waals surface area contributed by atoms with Gasteiger partial charge in [0, 0.05) is 35.2 Å². The van der Waals surface area contributed by atoms with Gasteiger partial charge in [-0.2, -0.15) is 0 Å². The molecule has 3 N–H and O–H groups in total. The SMILES string of the molecule is CCOc1ccc([Si](C)(C)C)cc1NC(=O)Nc1ccc2[nH]cc(CCc3ccncc3)c2c1. The Morgan fingerprint density at radius 2 is 1.79 bits per heavy atom. The molecule has 2 aromatic heterocycles. The number of aromatic amines is 1. The summed E-state index contributed by atoms with van der Waals surface area (Å²) in [7, 11) is -1.53. The highest BCUT2D eigenvalue weighted by molar-refractivity contribution is 6.88. The third-order valence-corrected chi connectivity index (χ3v) is 7.89. The third-order valence-electron chi connectivity index (χ3n) is 5.85. The highest BCUT2D eigenvalue weighted by Gasteiger charge is 2.19. The quantitative estimate of drug-likeness (QED) is 0.278. The van der Waals surface area contributed by atoms with Crippen LogP contribution in [0, 0.1) is 0 Å². The van der Waals surface area contributed by atoms with Gasteiger partial charge in [0.25, 0.3) is 0 Å². The standard InChI is InChI=1S/C27H32N4O2Si/c1-5-33-26-11-9-22(34(2,3)4)17-25(26)31-27(32)30-21-8-10-24-23(16-21)20(18-29-24)7-6-19-12-14-28-15-13-19/h8-18,29H,5-7H2,1-4H3,(H2,30,31,32). The Kier molecular flexibility index (Phi) is 7.03. The molecule has 6 nitrogen and oxygen atoms in total. The van der Waals surface area contributed by atoms with Crippen molar-refractivity contribution in [2.75, 3.05) is 17.2 Å². The first-order chi connectivity index (χ1) is 16.3. The van der Waals surface area contributed by atoms with Crippen molar-refractivity contribution in [3.63, 3.8) is 0 Å². The number of ether oxygens (including phenoxy) is 1. The van der Waals surface area contributed by atoms with Crippen molar-refractivity contribution in [1.82, 2.24) is 9.97 Å². The second-order valence-electron chi connectivity index (χ2n) is 9.40. The predicted molar refractivity (Wildman–Crippen MR) is 143 cm³/mol. The Morgan fingerprint density at radius 1 is 1.00 bits per heavy atom. The number of H-pyrrole nitrogens is 1. The smallest absolute Gasteiger partial charge is 0.323 e. The van der Waals surface area contributed by atoms with Gasteiger partial charge < -0.3 is 20.4 Å². The van der Waals surface area contributed by atoms with Crippen molar-refractivity contribution in [2.24, 2.45) is 0 Å². The van der Waals surface area contributed by atoms with E-state index in [1.807, 2.05) is 68.0 Å². The molecule has 0 saturated heterocycles. The average molecular weight is 473 g/mol. The largest absolute Gasteiger partial charge is 0.492 e. The molecule has 2 heterocycles. The van der Waals surface area contributed by atoms with E-state index < -0.39 is 8.07 Å². The van der Waals surface area contributed by atoms with Gasteiger partial charge in [-0.15, -0.1) is 0 Å². The monoisotopic (exact) mass is 472 g/mol. The van der Waals surface area contributed by atoms with Gasteiger partial charge >= 0.3 is 6.03 Å². The number of fused-ring (bicyclic) bond motifs is 1. The molecule has 0 aliphatic heterocycles. The summed E-state index contributed by atoms with van der Waals surface area (Å²) in [4.78, 5) is 20.3. The van der Waals surface area contributed by atoms with Crippen LogP contribution >= 0.6 is 0 Å². The van der Waals surface area contributed by atoms with Gasteiger partial charge in [-0.05, 0) is 73.4 Å². The molecule has 0 fully saturated rings. The molecule has 0 aliphatic carbocycles. The molecule has 4 aromatic rings. The number of urea groups is 1. The zero-order chi connectivity index (χ0) is 24.1. The second kappa shape index (κ2) is 10.1. The molecule has 0 bridgehead atoms. The van der Waals surface area contributed by atoms with E-state index in [2.05, 4.69) is 46.3 Å². The van der Waals surface area contributed by atoms with Gasteiger partial charge in [-0.1, -0.05) is 30.9 Å². The predicted octanol–water partition coefficient (Wildman–Crippen LogP) is 5.94. The number of carbonyl (C=O) groups is 1. The lowest BCUT2D eigenvalue weighted by molar-refractivity contribution is 0.262. The molecule has 4 rings (SSSR count). The van der Waals surface area contributed by atoms with Crippen LogP contribution in [-0.4, -0.2) is 30.7 Å². The maximum Gasteiger partial charge on any atom is 0.323 e. The van der Waals surface area contributed by atoms with Crippen molar-refractivity contribution in [2.45, 2.75) is 39.4 Å². The zero-order valence-electron chi connectivity index (χ0n) is 20.2. The van der Waals surface area contributed by atoms with Crippen molar-refractivity contribution < 1.29 is 9.53 Å². The number of aromatic nitrogens is 2. The second-order valence-corrected chi connectivity index (χ2v) is 14.5. The lowest BCUT2D eigenvalue weighted by Gasteiger charge is -2.20. The highest BCUT2D eigenvalue weighted by atomic mass is 28.3. The van der Waals surface area contributed by atoms with Crippen LogP contribution in [0.15, 0.2) is 67.1 Å². The first-order valence-corrected chi connectivity index (χ1v) is 15.2. The molecule has 176 valence electrons. The number of anilines is 2. The number of rotatable bonds is 8. The topological polar surface area (TPSA) is 79.0 Å². The summed E-state index contributed by atoms with van der Waals surface area (Å²) in [6, 6.07) is 15.8. The minimum absolute atomic E-state index is 0.290. The summed E-state index contributed by atoms with van der Waals surface area (Å²) in [5, 5.41) is 8.35. The van der Waals surface area contributed by atoms with Gasteiger partial charge in [0.1, 0.15) is 5.75 Å². The fourth-order valence-electron chi connectivity index (χ4n) is 3.95. The fraction of sp³-hybridized carbons (Fsp3) is 0.259. The van der Waals surface area contributed by atoms with E-state index in [9.17, 15) is 4.79 Å². The normalized spacial score (nSPS) is 11.4. The Bertz CT molecular complexity index is 1280. The molecular formula is C27H32N4O2Si. The van der Waals surface area contributed by atoms with Crippen molar-refractivity contribution in [3.05, 3.63) is 78.2 Å². The number of nitrogens with zero attached hydrogens (tertiary/aromatic N) is 1. The first kappa shape index (κ1) is 23.6. The van der Waals surface area contributed by atoms with Crippen LogP contribution in [0.3, 0.4) is 0 Å². The molecule has 0 spiro atoms. The summed E-state index contributed by atoms with van der Waals surface area (Å²) < 4.78 is 5.75. The van der Waals surface area contributed by atoms with Crippen molar-refractivity contribution in [3.8, 4) is 5.75 Å². The van der Waals surface area contributed by atoms with E-state index in [4.69, 9.17) is 4.74 Å². The van der Waals surface area contributed by atoms with Crippen LogP contribution in [-0.2, 0) is 12.8 Å². The number of hydrogen-bond donors (Lipinski definition) is 3. The average Bonchev–Trinajstić information content (AvgIpc) is 3.21. The molecule has 0 radical (unpaired) electrons. The van der Waals surface area contributed by atoms with Crippen molar-refractivity contribution >= 4 is 41.6 Å². The van der Waals surface area contributed by atoms with E-state index in [0.29, 0.717) is 18.0 Å². The molecule has 2 aromatic carbocycles. The fourth-order valence-corrected chi connectivity index (χ4v) is 5.11. The van der Waals surface area contributed by atoms with Crippen molar-refractivity contribution in [1.29, 1.82) is 0 Å². The molecule has 34 heavy (non-hydrogen) atoms. The first-order valence-electron chi connectivity index (χ1n) is 11.7. The number of nitrogens with one attached hydrogen (secondary N) is 3. The van der Waals surface area contributed by atoms with E-state index >= 15 is 0 Å². The van der Waals surface area contributed by atoms with E-state index in [1.165, 1.54) is 16.3 Å². The zero-order valence-corrected chi connectivity index (χ0v) is 21.2. The highest BCUT2D eigenvalue weighted by Crippen LogP contribution is 2.26. The van der Waals surface area contributed by atoms with Crippen LogP contribution in [0.4, 0.5) is 16.2 Å². The number of aryl methyl sites for hydroxylation is 2. The van der Waals surface area contributed by atoms with Gasteiger partial charge in [-0.3, -0.25) is 4.98 Å². The van der Waals surface area contributed by atoms with Crippen LogP contribution < -0.4 is 20.6 Å². The molecule has 0 unspecified atom stereocenters. The molecule has 2 amide bonds. The maximum atomic E-state index is 12.9. The van der Waals surface area contributed by atoms with E-state index in [0.717, 1.165) is 29.4 Å². The van der Waals surface area contributed by atoms with Gasteiger partial charge in [0.05, 0.1) is 20.4 Å². The number of carbonyl (C=O) groups excluding carboxylic acids is 1. The van der Waals surface area contributed by atoms with E-state index in [1.54, 1.807) is 0 Å². The maximum absolute atomic E-state index is 12.9. The number of benzene rings is 2. The number of hydrogen-bond acceptors (Lipinski definition) is 3. The van der Waals surface area contributed by atoms with Crippen LogP contribution in [0.25, 0.3) is 10.9 Å². The third kappa shape index (κ3) is 5.66. The summed E-state index contributed by atoms with van der Waals surface area (Å²) >= 11 is 0. The summed E-state index contributed by atoms with van der Waals surface area (Å²) in [6.45, 7) is 9.32. The van der Waals surface area contributed by atoms with Crippen LogP contribution in [0.1, 0.15) is 18.1 Å². The number of pyridine rings is 1. The molecule has 7 heteroatoms. The molecular weight excluding hydrogens is 440 g/mol. The van der Waals surface area contributed by atoms with Crippen LogP contribution in [0.5, 0.6) is 5.75 Å².